The second-order valence-electron chi connectivity index (χ2n) is 4.74. The van der Waals surface area contributed by atoms with Gasteiger partial charge in [0.05, 0.1) is 17.9 Å². The van der Waals surface area contributed by atoms with Crippen LogP contribution in [0, 0.1) is 0 Å². The Kier molecular flexibility index (Phi) is 4.32. The zero-order valence-electron chi connectivity index (χ0n) is 12.2. The van der Waals surface area contributed by atoms with Gasteiger partial charge in [0.15, 0.2) is 11.6 Å². The molecule has 0 aliphatic carbocycles. The predicted octanol–water partition coefficient (Wildman–Crippen LogP) is 3.17. The van der Waals surface area contributed by atoms with Crippen LogP contribution in [0.5, 0.6) is 5.75 Å². The molecule has 0 unspecified atom stereocenters. The number of anilines is 1. The van der Waals surface area contributed by atoms with Crippen molar-refractivity contribution >= 4 is 5.69 Å². The fourth-order valence-corrected chi connectivity index (χ4v) is 2.09. The average Bonchev–Trinajstić information content (AvgIpc) is 3.02. The van der Waals surface area contributed by atoms with Gasteiger partial charge < -0.3 is 10.1 Å². The molecule has 0 aliphatic rings. The molecular weight excluding hydrogens is 323 g/mol. The Morgan fingerprint density at radius 2 is 1.71 bits per heavy atom. The molecule has 1 heterocycles. The van der Waals surface area contributed by atoms with E-state index in [9.17, 15) is 13.2 Å². The van der Waals surface area contributed by atoms with Gasteiger partial charge in [-0.15, -0.1) is 18.3 Å². The van der Waals surface area contributed by atoms with Gasteiger partial charge in [-0.1, -0.05) is 30.3 Å². The number of ether oxygens (including phenoxy) is 1. The number of para-hydroxylation sites is 3. The summed E-state index contributed by atoms with van der Waals surface area (Å²) in [6.07, 6.45) is -4.76. The van der Waals surface area contributed by atoms with Gasteiger partial charge in [-0.3, -0.25) is 0 Å². The second-order valence-corrected chi connectivity index (χ2v) is 4.74. The lowest BCUT2D eigenvalue weighted by Gasteiger charge is -2.14. The minimum atomic E-state index is -4.76. The van der Waals surface area contributed by atoms with Gasteiger partial charge in [0, 0.05) is 0 Å². The summed E-state index contributed by atoms with van der Waals surface area (Å²) in [7, 11) is 0. The summed E-state index contributed by atoms with van der Waals surface area (Å²) in [4.78, 5) is 0. The van der Waals surface area contributed by atoms with Crippen molar-refractivity contribution in [2.75, 3.05) is 5.32 Å². The molecule has 0 aliphatic heterocycles. The summed E-state index contributed by atoms with van der Waals surface area (Å²) >= 11 is 0. The second kappa shape index (κ2) is 6.57. The molecule has 0 saturated carbocycles. The Hall–Kier alpha value is -3.10. The standard InChI is InChI=1S/C15H12F3N5O/c16-15(17,18)24-13-9-5-4-8-12(13)19-10-14-20-21-22-23(14)11-6-2-1-3-7-11/h1-9,19H,10H2. The molecule has 0 atom stereocenters. The van der Waals surface area contributed by atoms with E-state index < -0.39 is 6.36 Å². The minimum absolute atomic E-state index is 0.125. The number of tetrazole rings is 1. The number of hydrogen-bond acceptors (Lipinski definition) is 5. The van der Waals surface area contributed by atoms with E-state index in [2.05, 4.69) is 25.6 Å². The number of alkyl halides is 3. The normalized spacial score (nSPS) is 11.3. The van der Waals surface area contributed by atoms with Crippen molar-refractivity contribution in [1.29, 1.82) is 0 Å². The first-order chi connectivity index (χ1) is 11.5. The number of hydrogen-bond donors (Lipinski definition) is 1. The number of nitrogens with one attached hydrogen (secondary N) is 1. The maximum atomic E-state index is 12.4. The number of rotatable bonds is 5. The fraction of sp³-hybridized carbons (Fsp3) is 0.133. The van der Waals surface area contributed by atoms with Crippen molar-refractivity contribution in [3.63, 3.8) is 0 Å². The minimum Gasteiger partial charge on any atom is -0.404 e. The van der Waals surface area contributed by atoms with E-state index in [1.54, 1.807) is 6.07 Å². The van der Waals surface area contributed by atoms with Crippen molar-refractivity contribution in [3.05, 3.63) is 60.4 Å². The first kappa shape index (κ1) is 15.8. The molecule has 6 nitrogen and oxygen atoms in total. The zero-order valence-corrected chi connectivity index (χ0v) is 12.2. The molecule has 1 aromatic heterocycles. The molecule has 0 fully saturated rings. The van der Waals surface area contributed by atoms with Gasteiger partial charge in [-0.2, -0.15) is 4.68 Å². The van der Waals surface area contributed by atoms with E-state index in [0.29, 0.717) is 5.82 Å². The molecule has 0 saturated heterocycles. The molecule has 0 radical (unpaired) electrons. The zero-order chi connectivity index (χ0) is 17.0. The predicted molar refractivity (Wildman–Crippen MR) is 79.6 cm³/mol. The summed E-state index contributed by atoms with van der Waals surface area (Å²) in [6, 6.07) is 14.9. The Balaban J connectivity index is 1.77. The Labute approximate surface area is 134 Å². The number of nitrogens with zero attached hydrogens (tertiary/aromatic N) is 4. The lowest BCUT2D eigenvalue weighted by Crippen LogP contribution is -2.18. The van der Waals surface area contributed by atoms with Crippen LogP contribution in [0.2, 0.25) is 0 Å². The molecule has 0 spiro atoms. The maximum absolute atomic E-state index is 12.4. The van der Waals surface area contributed by atoms with Gasteiger partial charge in [0.2, 0.25) is 0 Å². The van der Waals surface area contributed by atoms with Gasteiger partial charge in [-0.05, 0) is 34.7 Å². The summed E-state index contributed by atoms with van der Waals surface area (Å²) in [6.45, 7) is 0.125. The fourth-order valence-electron chi connectivity index (χ4n) is 2.09. The average molecular weight is 335 g/mol. The lowest BCUT2D eigenvalue weighted by atomic mass is 10.3. The first-order valence-corrected chi connectivity index (χ1v) is 6.94. The smallest absolute Gasteiger partial charge is 0.404 e. The summed E-state index contributed by atoms with van der Waals surface area (Å²) in [5.41, 5.74) is 0.941. The van der Waals surface area contributed by atoms with Crippen molar-refractivity contribution in [3.8, 4) is 11.4 Å². The maximum Gasteiger partial charge on any atom is 0.573 e. The largest absolute Gasteiger partial charge is 0.573 e. The van der Waals surface area contributed by atoms with Crippen molar-refractivity contribution < 1.29 is 17.9 Å². The van der Waals surface area contributed by atoms with Gasteiger partial charge >= 0.3 is 6.36 Å². The Morgan fingerprint density at radius 1 is 1.00 bits per heavy atom. The SMILES string of the molecule is FC(F)(F)Oc1ccccc1NCc1nnnn1-c1ccccc1. The van der Waals surface area contributed by atoms with E-state index in [-0.39, 0.29) is 18.0 Å². The highest BCUT2D eigenvalue weighted by Crippen LogP contribution is 2.30. The summed E-state index contributed by atoms with van der Waals surface area (Å²) in [5, 5.41) is 14.2. The van der Waals surface area contributed by atoms with E-state index in [1.807, 2.05) is 30.3 Å². The van der Waals surface area contributed by atoms with Crippen LogP contribution in [0.15, 0.2) is 54.6 Å². The van der Waals surface area contributed by atoms with Crippen LogP contribution in [-0.4, -0.2) is 26.6 Å². The van der Waals surface area contributed by atoms with Crippen LogP contribution < -0.4 is 10.1 Å². The Bertz CT molecular complexity index is 804. The number of aromatic nitrogens is 4. The Morgan fingerprint density at radius 3 is 2.46 bits per heavy atom. The third-order valence-electron chi connectivity index (χ3n) is 3.08. The topological polar surface area (TPSA) is 64.9 Å². The third kappa shape index (κ3) is 3.80. The number of halogens is 3. The third-order valence-corrected chi connectivity index (χ3v) is 3.08. The van der Waals surface area contributed by atoms with Crippen molar-refractivity contribution in [2.24, 2.45) is 0 Å². The molecule has 2 aromatic carbocycles. The number of benzene rings is 2. The quantitative estimate of drug-likeness (QED) is 0.776. The van der Waals surface area contributed by atoms with Crippen LogP contribution in [0.1, 0.15) is 5.82 Å². The van der Waals surface area contributed by atoms with Crippen molar-refractivity contribution in [2.45, 2.75) is 12.9 Å². The van der Waals surface area contributed by atoms with Crippen LogP contribution in [-0.2, 0) is 6.54 Å². The highest BCUT2D eigenvalue weighted by molar-refractivity contribution is 5.56. The van der Waals surface area contributed by atoms with Crippen LogP contribution in [0.25, 0.3) is 5.69 Å². The highest BCUT2D eigenvalue weighted by atomic mass is 19.4. The molecule has 1 N–H and O–H groups in total. The van der Waals surface area contributed by atoms with Crippen molar-refractivity contribution in [1.82, 2.24) is 20.2 Å². The summed E-state index contributed by atoms with van der Waals surface area (Å²) in [5.74, 6) is 0.131. The highest BCUT2D eigenvalue weighted by Gasteiger charge is 2.32. The van der Waals surface area contributed by atoms with Crippen LogP contribution >= 0.6 is 0 Å². The van der Waals surface area contributed by atoms with Crippen LogP contribution in [0.4, 0.5) is 18.9 Å². The first-order valence-electron chi connectivity index (χ1n) is 6.94. The molecule has 3 aromatic rings. The summed E-state index contributed by atoms with van der Waals surface area (Å²) < 4.78 is 42.8. The lowest BCUT2D eigenvalue weighted by molar-refractivity contribution is -0.274. The van der Waals surface area contributed by atoms with E-state index in [4.69, 9.17) is 0 Å². The van der Waals surface area contributed by atoms with E-state index in [1.165, 1.54) is 22.9 Å². The molecule has 24 heavy (non-hydrogen) atoms. The monoisotopic (exact) mass is 335 g/mol. The molecular formula is C15H12F3N5O. The molecule has 9 heteroatoms. The van der Waals surface area contributed by atoms with Gasteiger partial charge in [0.25, 0.3) is 0 Å². The molecule has 0 bridgehead atoms. The molecule has 0 amide bonds. The van der Waals surface area contributed by atoms with Gasteiger partial charge in [-0.25, -0.2) is 0 Å². The van der Waals surface area contributed by atoms with E-state index in [0.717, 1.165) is 5.69 Å². The van der Waals surface area contributed by atoms with Gasteiger partial charge in [0.1, 0.15) is 0 Å². The van der Waals surface area contributed by atoms with E-state index >= 15 is 0 Å². The van der Waals surface area contributed by atoms with Crippen LogP contribution in [0.3, 0.4) is 0 Å². The molecule has 3 rings (SSSR count). The molecule has 124 valence electrons.